The summed E-state index contributed by atoms with van der Waals surface area (Å²) in [5.41, 5.74) is -1.51. The molecule has 2 atom stereocenters. The van der Waals surface area contributed by atoms with Crippen LogP contribution in [-0.2, 0) is 40.8 Å². The van der Waals surface area contributed by atoms with E-state index in [-0.39, 0.29) is 66.8 Å². The number of aryl methyl sites for hydroxylation is 1. The number of hydrogen-bond acceptors (Lipinski definition) is 8. The van der Waals surface area contributed by atoms with Crippen molar-refractivity contribution in [2.24, 2.45) is 7.05 Å². The van der Waals surface area contributed by atoms with E-state index in [1.165, 1.54) is 29.9 Å². The van der Waals surface area contributed by atoms with Gasteiger partial charge in [0.15, 0.2) is 5.82 Å². The maximum atomic E-state index is 15.6. The molecule has 10 rings (SSSR count). The summed E-state index contributed by atoms with van der Waals surface area (Å²) >= 11 is 6.67. The molecule has 0 spiro atoms. The lowest BCUT2D eigenvalue weighted by molar-refractivity contribution is -0.122. The number of allylic oxidation sites excluding steroid dienone is 2. The summed E-state index contributed by atoms with van der Waals surface area (Å²) in [5.74, 6) is -8.39. The molecule has 0 radical (unpaired) electrons. The van der Waals surface area contributed by atoms with Gasteiger partial charge in [0.2, 0.25) is 15.9 Å². The van der Waals surface area contributed by atoms with Crippen molar-refractivity contribution in [3.63, 3.8) is 0 Å². The van der Waals surface area contributed by atoms with Crippen molar-refractivity contribution >= 4 is 61.1 Å². The molecule has 1 fully saturated rings. The maximum Gasteiger partial charge on any atom is 0.311 e. The topological polar surface area (TPSA) is 166 Å². The normalized spacial score (nSPS) is 16.7. The summed E-state index contributed by atoms with van der Waals surface area (Å²) in [6.45, 7) is 0.296. The first-order chi connectivity index (χ1) is 32.8. The molecular formula is C47H38ClF6N9O5S. The van der Waals surface area contributed by atoms with Crippen molar-refractivity contribution < 1.29 is 44.3 Å². The van der Waals surface area contributed by atoms with Crippen LogP contribution in [0.5, 0.6) is 0 Å². The van der Waals surface area contributed by atoms with Gasteiger partial charge in [-0.2, -0.15) is 19.0 Å². The van der Waals surface area contributed by atoms with Crippen molar-refractivity contribution in [1.82, 2.24) is 39.3 Å². The van der Waals surface area contributed by atoms with Crippen LogP contribution in [0.4, 0.5) is 32.2 Å². The fraction of sp³-hybridized carbons (Fsp3) is 0.277. The summed E-state index contributed by atoms with van der Waals surface area (Å²) in [5, 5.41) is 10.8. The molecule has 1 aliphatic heterocycles. The third-order valence-electron chi connectivity index (χ3n) is 12.5. The number of halogens is 7. The Hall–Kier alpha value is -7.00. The number of piperidine rings is 1. The number of carbonyl (C=O) groups excluding carboxylic acids is 2. The summed E-state index contributed by atoms with van der Waals surface area (Å²) in [7, 11) is -2.48. The largest absolute Gasteiger partial charge is 0.344 e. The van der Waals surface area contributed by atoms with Crippen LogP contribution in [0, 0.1) is 11.6 Å². The molecule has 0 saturated carbocycles. The van der Waals surface area contributed by atoms with Gasteiger partial charge < -0.3 is 10.2 Å². The van der Waals surface area contributed by atoms with Gasteiger partial charge in [0.25, 0.3) is 17.9 Å². The summed E-state index contributed by atoms with van der Waals surface area (Å²) < 4.78 is 119. The molecule has 14 nitrogen and oxygen atoms in total. The Balaban J connectivity index is 1.14. The minimum Gasteiger partial charge on any atom is -0.344 e. The lowest BCUT2D eigenvalue weighted by Gasteiger charge is -2.26. The number of aromatic nitrogens is 6. The average Bonchev–Trinajstić information content (AvgIpc) is 3.84. The quantitative estimate of drug-likeness (QED) is 0.0913. The molecule has 22 heteroatoms. The average molecular weight is 990 g/mol. The van der Waals surface area contributed by atoms with Crippen LogP contribution < -0.4 is 15.6 Å². The van der Waals surface area contributed by atoms with Crippen LogP contribution in [0.3, 0.4) is 0 Å². The second kappa shape index (κ2) is 16.9. The summed E-state index contributed by atoms with van der Waals surface area (Å²) in [6.07, 6.45) is 1.19. The fourth-order valence-electron chi connectivity index (χ4n) is 9.48. The Labute approximate surface area is 393 Å². The van der Waals surface area contributed by atoms with E-state index in [4.69, 9.17) is 16.6 Å². The highest BCUT2D eigenvalue weighted by Gasteiger charge is 2.60. The van der Waals surface area contributed by atoms with Gasteiger partial charge >= 0.3 is 5.92 Å². The van der Waals surface area contributed by atoms with E-state index >= 15 is 13.6 Å². The molecule has 0 bridgehead atoms. The number of nitrogens with one attached hydrogen (secondary N) is 2. The Morgan fingerprint density at radius 1 is 0.928 bits per heavy atom. The van der Waals surface area contributed by atoms with Gasteiger partial charge in [0.1, 0.15) is 35.4 Å². The summed E-state index contributed by atoms with van der Waals surface area (Å²) in [6, 6.07) is 15.4. The van der Waals surface area contributed by atoms with E-state index in [0.717, 1.165) is 48.3 Å². The Morgan fingerprint density at radius 3 is 2.30 bits per heavy atom. The van der Waals surface area contributed by atoms with Gasteiger partial charge in [-0.3, -0.25) is 33.0 Å². The predicted molar refractivity (Wildman–Crippen MR) is 243 cm³/mol. The van der Waals surface area contributed by atoms with E-state index in [2.05, 4.69) is 20.2 Å². The van der Waals surface area contributed by atoms with Crippen molar-refractivity contribution in [1.29, 1.82) is 0 Å². The highest BCUT2D eigenvalue weighted by Crippen LogP contribution is 2.63. The minimum atomic E-state index is -3.94. The number of nitrogens with zero attached hydrogens (tertiary/aromatic N) is 7. The molecule has 3 aromatic heterocycles. The zero-order valence-electron chi connectivity index (χ0n) is 36.4. The maximum absolute atomic E-state index is 15.6. The molecule has 7 aromatic rings. The van der Waals surface area contributed by atoms with Gasteiger partial charge in [-0.25, -0.2) is 31.0 Å². The first-order valence-corrected chi connectivity index (χ1v) is 23.9. The van der Waals surface area contributed by atoms with Gasteiger partial charge in [-0.1, -0.05) is 35.9 Å². The first kappa shape index (κ1) is 45.8. The molecule has 4 heterocycles. The number of amides is 2. The van der Waals surface area contributed by atoms with Crippen molar-refractivity contribution in [3.05, 3.63) is 145 Å². The number of fused-ring (bicyclic) bond motifs is 5. The molecule has 4 aromatic carbocycles. The number of sulfonamides is 1. The number of benzene rings is 4. The Kier molecular flexibility index (Phi) is 11.2. The molecule has 69 heavy (non-hydrogen) atoms. The van der Waals surface area contributed by atoms with Gasteiger partial charge in [0, 0.05) is 55.2 Å². The van der Waals surface area contributed by atoms with E-state index in [0.29, 0.717) is 40.5 Å². The third kappa shape index (κ3) is 8.29. The van der Waals surface area contributed by atoms with E-state index in [1.54, 1.807) is 41.3 Å². The highest BCUT2D eigenvalue weighted by molar-refractivity contribution is 7.92. The van der Waals surface area contributed by atoms with Crippen molar-refractivity contribution in [3.8, 4) is 16.8 Å². The molecule has 2 aliphatic carbocycles. The third-order valence-corrected chi connectivity index (χ3v) is 13.4. The van der Waals surface area contributed by atoms with Gasteiger partial charge in [-0.05, 0) is 84.5 Å². The lowest BCUT2D eigenvalue weighted by Crippen LogP contribution is -2.38. The number of anilines is 1. The standard InChI is InChI=1S/C47H38ClF6N9O5S/c1-60-40-35(13-12-32(48)38(40)43(58-60)59-69(2,67)68)63-44(56-33-19-26(10-11-29(33)46(63)66)24-6-8-25(9-7-24)45(65)61-14-4-3-5-15-61)34(18-23-16-27(49)20-28(50)17-23)55-36(64)22-62-41-37(39(57-62)42(51)52)30-21-31(30)47(41,53)54/h6-13,16-17,19-21,30,34,42H,3-5,14-15,18,22H2,1-2H3,(H,55,64)(H,58,59)/t30?,34-/m0/s1. The monoisotopic (exact) mass is 989 g/mol. The molecule has 1 saturated heterocycles. The first-order valence-electron chi connectivity index (χ1n) is 21.6. The number of likely N-dealkylation sites (tertiary alicyclic amines) is 1. The van der Waals surface area contributed by atoms with Crippen LogP contribution in [0.25, 0.3) is 38.6 Å². The van der Waals surface area contributed by atoms with Crippen LogP contribution in [0.1, 0.15) is 76.3 Å². The number of alkyl halides is 4. The second-order valence-electron chi connectivity index (χ2n) is 17.3. The SMILES string of the molecule is Cn1nc(NS(C)(=O)=O)c2c(Cl)ccc(-n3c([C@H](Cc4cc(F)cc(F)c4)NC(=O)Cn4nc(C(F)F)c5c4C(F)(F)C4=CC45)nc4cc(-c5ccc(C(=O)N6CCCCC6)cc5)ccc4c3=O)c21. The highest BCUT2D eigenvalue weighted by atomic mass is 35.5. The lowest BCUT2D eigenvalue weighted by atomic mass is 10.0. The molecular weight excluding hydrogens is 952 g/mol. The molecule has 2 N–H and O–H groups in total. The van der Waals surface area contributed by atoms with Crippen molar-refractivity contribution in [2.75, 3.05) is 24.1 Å². The molecule has 3 aliphatic rings. The molecule has 1 unspecified atom stereocenters. The Morgan fingerprint density at radius 2 is 1.62 bits per heavy atom. The number of rotatable bonds is 12. The van der Waals surface area contributed by atoms with Gasteiger partial charge in [-0.15, -0.1) is 0 Å². The Bertz CT molecular complexity index is 3500. The van der Waals surface area contributed by atoms with Crippen LogP contribution in [0.2, 0.25) is 5.02 Å². The second-order valence-corrected chi connectivity index (χ2v) is 19.4. The van der Waals surface area contributed by atoms with E-state index in [1.807, 2.05) is 0 Å². The smallest absolute Gasteiger partial charge is 0.311 e. The van der Waals surface area contributed by atoms with E-state index in [9.17, 15) is 35.6 Å². The summed E-state index contributed by atoms with van der Waals surface area (Å²) in [4.78, 5) is 49.4. The van der Waals surface area contributed by atoms with Crippen molar-refractivity contribution in [2.45, 2.75) is 56.5 Å². The van der Waals surface area contributed by atoms with Crippen LogP contribution in [-0.4, -0.2) is 73.6 Å². The molecule has 2 amide bonds. The van der Waals surface area contributed by atoms with Crippen LogP contribution in [0.15, 0.2) is 89.2 Å². The molecule has 356 valence electrons. The number of carbonyl (C=O) groups is 2. The minimum absolute atomic E-state index is 0.00155. The van der Waals surface area contributed by atoms with Crippen LogP contribution >= 0.6 is 11.6 Å². The predicted octanol–water partition coefficient (Wildman–Crippen LogP) is 8.23. The zero-order chi connectivity index (χ0) is 48.8. The van der Waals surface area contributed by atoms with Gasteiger partial charge in [0.05, 0.1) is 44.8 Å². The fourth-order valence-corrected chi connectivity index (χ4v) is 10.2. The number of hydrogen-bond donors (Lipinski definition) is 2. The zero-order valence-corrected chi connectivity index (χ0v) is 38.0. The van der Waals surface area contributed by atoms with E-state index < -0.39 is 81.8 Å².